The molecule has 132 valence electrons. The minimum atomic E-state index is -0.223. The smallest absolute Gasteiger partial charge is 0.123 e. The SMILES string of the molecule is Fc1ccc(C(CN2CCC3(CCNC3)C2)c2ccc(F)cc2)cc1. The number of nitrogens with one attached hydrogen (secondary N) is 1. The van der Waals surface area contributed by atoms with Crippen LogP contribution in [-0.4, -0.2) is 37.6 Å². The third kappa shape index (κ3) is 3.60. The van der Waals surface area contributed by atoms with Gasteiger partial charge in [-0.1, -0.05) is 24.3 Å². The highest BCUT2D eigenvalue weighted by atomic mass is 19.1. The van der Waals surface area contributed by atoms with Gasteiger partial charge in [0.1, 0.15) is 11.6 Å². The molecular formula is C21H24F2N2. The molecule has 2 aliphatic rings. The highest BCUT2D eigenvalue weighted by molar-refractivity contribution is 5.33. The average Bonchev–Trinajstić information content (AvgIpc) is 3.25. The van der Waals surface area contributed by atoms with Gasteiger partial charge in [-0.3, -0.25) is 0 Å². The lowest BCUT2D eigenvalue weighted by molar-refractivity contribution is 0.268. The van der Waals surface area contributed by atoms with Crippen LogP contribution in [0.1, 0.15) is 29.9 Å². The highest BCUT2D eigenvalue weighted by Gasteiger charge is 2.40. The van der Waals surface area contributed by atoms with Gasteiger partial charge in [0.2, 0.25) is 0 Å². The van der Waals surface area contributed by atoms with Gasteiger partial charge in [-0.15, -0.1) is 0 Å². The summed E-state index contributed by atoms with van der Waals surface area (Å²) in [5, 5.41) is 3.49. The van der Waals surface area contributed by atoms with Crippen molar-refractivity contribution in [3.63, 3.8) is 0 Å². The minimum absolute atomic E-state index is 0.130. The van der Waals surface area contributed by atoms with Crippen LogP contribution >= 0.6 is 0 Å². The third-order valence-corrected chi connectivity index (χ3v) is 5.84. The van der Waals surface area contributed by atoms with E-state index in [0.29, 0.717) is 5.41 Å². The van der Waals surface area contributed by atoms with Gasteiger partial charge < -0.3 is 10.2 Å². The van der Waals surface area contributed by atoms with Crippen LogP contribution in [0.2, 0.25) is 0 Å². The Bertz CT molecular complexity index is 660. The van der Waals surface area contributed by atoms with E-state index in [2.05, 4.69) is 10.2 Å². The van der Waals surface area contributed by atoms with Crippen molar-refractivity contribution in [3.8, 4) is 0 Å². The van der Waals surface area contributed by atoms with Crippen molar-refractivity contribution in [1.82, 2.24) is 10.2 Å². The monoisotopic (exact) mass is 342 g/mol. The van der Waals surface area contributed by atoms with Crippen LogP contribution < -0.4 is 5.32 Å². The molecule has 0 bridgehead atoms. The Hall–Kier alpha value is -1.78. The molecule has 1 unspecified atom stereocenters. The van der Waals surface area contributed by atoms with Crippen LogP contribution in [0.3, 0.4) is 0 Å². The maximum atomic E-state index is 13.3. The number of benzene rings is 2. The second-order valence-corrected chi connectivity index (χ2v) is 7.57. The molecule has 2 saturated heterocycles. The number of hydrogen-bond donors (Lipinski definition) is 1. The molecule has 1 N–H and O–H groups in total. The summed E-state index contributed by atoms with van der Waals surface area (Å²) in [7, 11) is 0. The van der Waals surface area contributed by atoms with Crippen molar-refractivity contribution < 1.29 is 8.78 Å². The Morgan fingerprint density at radius 3 is 2.04 bits per heavy atom. The summed E-state index contributed by atoms with van der Waals surface area (Å²) < 4.78 is 26.7. The maximum Gasteiger partial charge on any atom is 0.123 e. The van der Waals surface area contributed by atoms with Crippen LogP contribution in [-0.2, 0) is 0 Å². The van der Waals surface area contributed by atoms with Crippen LogP contribution in [0, 0.1) is 17.0 Å². The molecule has 0 aliphatic carbocycles. The van der Waals surface area contributed by atoms with Crippen molar-refractivity contribution >= 4 is 0 Å². The lowest BCUT2D eigenvalue weighted by Gasteiger charge is -2.27. The summed E-state index contributed by atoms with van der Waals surface area (Å²) in [5.74, 6) is -0.316. The molecule has 2 nitrogen and oxygen atoms in total. The Morgan fingerprint density at radius 1 is 0.920 bits per heavy atom. The Kier molecular flexibility index (Phi) is 4.57. The van der Waals surface area contributed by atoms with Crippen LogP contribution in [0.15, 0.2) is 48.5 Å². The lowest BCUT2D eigenvalue weighted by Crippen LogP contribution is -2.32. The van der Waals surface area contributed by atoms with E-state index in [1.165, 1.54) is 37.1 Å². The van der Waals surface area contributed by atoms with Gasteiger partial charge in [0.25, 0.3) is 0 Å². The van der Waals surface area contributed by atoms with Gasteiger partial charge in [-0.25, -0.2) is 8.78 Å². The molecule has 2 aliphatic heterocycles. The number of nitrogens with zero attached hydrogens (tertiary/aromatic N) is 1. The fraction of sp³-hybridized carbons (Fsp3) is 0.429. The van der Waals surface area contributed by atoms with Crippen molar-refractivity contribution in [2.45, 2.75) is 18.8 Å². The van der Waals surface area contributed by atoms with Crippen molar-refractivity contribution in [3.05, 3.63) is 71.3 Å². The van der Waals surface area contributed by atoms with E-state index in [4.69, 9.17) is 0 Å². The number of hydrogen-bond acceptors (Lipinski definition) is 2. The van der Waals surface area contributed by atoms with Crippen LogP contribution in [0.25, 0.3) is 0 Å². The topological polar surface area (TPSA) is 15.3 Å². The zero-order chi connectivity index (χ0) is 17.3. The number of rotatable bonds is 4. The molecule has 2 heterocycles. The molecule has 2 fully saturated rings. The Labute approximate surface area is 147 Å². The van der Waals surface area contributed by atoms with E-state index in [9.17, 15) is 8.78 Å². The first-order valence-corrected chi connectivity index (χ1v) is 9.08. The fourth-order valence-electron chi connectivity index (χ4n) is 4.38. The molecule has 4 rings (SSSR count). The first kappa shape index (κ1) is 16.7. The van der Waals surface area contributed by atoms with Gasteiger partial charge in [0.15, 0.2) is 0 Å². The third-order valence-electron chi connectivity index (χ3n) is 5.84. The predicted octanol–water partition coefficient (Wildman–Crippen LogP) is 3.78. The summed E-state index contributed by atoms with van der Waals surface area (Å²) in [6, 6.07) is 13.5. The van der Waals surface area contributed by atoms with E-state index >= 15 is 0 Å². The molecule has 0 aromatic heterocycles. The summed E-state index contributed by atoms with van der Waals surface area (Å²) in [6.07, 6.45) is 2.49. The standard InChI is InChI=1S/C21H24F2N2/c22-18-5-1-16(2-6-18)20(17-3-7-19(23)8-4-17)13-25-12-10-21(15-25)9-11-24-14-21/h1-8,20,24H,9-15H2. The fourth-order valence-corrected chi connectivity index (χ4v) is 4.38. The summed E-state index contributed by atoms with van der Waals surface area (Å²) in [6.45, 7) is 5.33. The molecule has 2 aromatic rings. The molecule has 4 heteroatoms. The van der Waals surface area contributed by atoms with Gasteiger partial charge >= 0.3 is 0 Å². The molecule has 0 radical (unpaired) electrons. The molecule has 1 spiro atoms. The molecule has 25 heavy (non-hydrogen) atoms. The molecule has 0 amide bonds. The van der Waals surface area contributed by atoms with E-state index in [-0.39, 0.29) is 17.6 Å². The molecular weight excluding hydrogens is 318 g/mol. The first-order chi connectivity index (χ1) is 12.1. The summed E-state index contributed by atoms with van der Waals surface area (Å²) in [5.41, 5.74) is 2.59. The zero-order valence-electron chi connectivity index (χ0n) is 14.3. The molecule has 2 aromatic carbocycles. The lowest BCUT2D eigenvalue weighted by atomic mass is 9.86. The molecule has 1 atom stereocenters. The van der Waals surface area contributed by atoms with E-state index in [0.717, 1.165) is 43.9 Å². The zero-order valence-corrected chi connectivity index (χ0v) is 14.3. The summed E-state index contributed by atoms with van der Waals surface area (Å²) in [4.78, 5) is 2.52. The number of halogens is 2. The summed E-state index contributed by atoms with van der Waals surface area (Å²) >= 11 is 0. The first-order valence-electron chi connectivity index (χ1n) is 9.08. The largest absolute Gasteiger partial charge is 0.316 e. The normalized spacial score (nSPS) is 23.8. The Morgan fingerprint density at radius 2 is 1.52 bits per heavy atom. The Balaban J connectivity index is 1.57. The van der Waals surface area contributed by atoms with Gasteiger partial charge in [0.05, 0.1) is 0 Å². The minimum Gasteiger partial charge on any atom is -0.316 e. The van der Waals surface area contributed by atoms with Crippen molar-refractivity contribution in [2.24, 2.45) is 5.41 Å². The maximum absolute atomic E-state index is 13.3. The van der Waals surface area contributed by atoms with E-state index in [1.54, 1.807) is 0 Å². The second kappa shape index (κ2) is 6.85. The van der Waals surface area contributed by atoms with Crippen molar-refractivity contribution in [1.29, 1.82) is 0 Å². The van der Waals surface area contributed by atoms with Crippen LogP contribution in [0.5, 0.6) is 0 Å². The van der Waals surface area contributed by atoms with Gasteiger partial charge in [0, 0.05) is 25.6 Å². The van der Waals surface area contributed by atoms with Gasteiger partial charge in [-0.05, 0) is 66.7 Å². The second-order valence-electron chi connectivity index (χ2n) is 7.57. The average molecular weight is 342 g/mol. The predicted molar refractivity (Wildman–Crippen MR) is 95.6 cm³/mol. The van der Waals surface area contributed by atoms with E-state index < -0.39 is 0 Å². The molecule has 0 saturated carbocycles. The van der Waals surface area contributed by atoms with Crippen molar-refractivity contribution in [2.75, 3.05) is 32.7 Å². The van der Waals surface area contributed by atoms with Gasteiger partial charge in [-0.2, -0.15) is 0 Å². The van der Waals surface area contributed by atoms with E-state index in [1.807, 2.05) is 24.3 Å². The quantitative estimate of drug-likeness (QED) is 0.910. The highest BCUT2D eigenvalue weighted by Crippen LogP contribution is 2.37. The number of likely N-dealkylation sites (tertiary alicyclic amines) is 1. The van der Waals surface area contributed by atoms with Crippen LogP contribution in [0.4, 0.5) is 8.78 Å².